The highest BCUT2D eigenvalue weighted by atomic mass is 19.4. The Morgan fingerprint density at radius 2 is 2.12 bits per heavy atom. The van der Waals surface area contributed by atoms with Crippen molar-refractivity contribution in [1.29, 1.82) is 0 Å². The first-order valence-electron chi connectivity index (χ1n) is 10.6. The zero-order valence-electron chi connectivity index (χ0n) is 18.1. The van der Waals surface area contributed by atoms with E-state index in [2.05, 4.69) is 30.8 Å². The van der Waals surface area contributed by atoms with Crippen LogP contribution in [0.2, 0.25) is 0 Å². The average Bonchev–Trinajstić information content (AvgIpc) is 3.47. The highest BCUT2D eigenvalue weighted by Crippen LogP contribution is 2.36. The highest BCUT2D eigenvalue weighted by Gasteiger charge is 2.37. The number of carbonyl (C=O) groups is 1. The number of alkyl halides is 3. The van der Waals surface area contributed by atoms with Crippen LogP contribution in [0.3, 0.4) is 0 Å². The molecule has 5 rings (SSSR count). The molecule has 0 radical (unpaired) electrons. The molecule has 1 aromatic carbocycles. The van der Waals surface area contributed by atoms with E-state index >= 15 is 0 Å². The summed E-state index contributed by atoms with van der Waals surface area (Å²) in [6.45, 7) is 4.06. The summed E-state index contributed by atoms with van der Waals surface area (Å²) in [6, 6.07) is 5.74. The van der Waals surface area contributed by atoms with Crippen LogP contribution in [0.15, 0.2) is 43.0 Å². The number of aryl methyl sites for hydroxylation is 1. The highest BCUT2D eigenvalue weighted by molar-refractivity contribution is 5.75. The fourth-order valence-corrected chi connectivity index (χ4v) is 4.31. The van der Waals surface area contributed by atoms with Gasteiger partial charge in [0.25, 0.3) is 0 Å². The smallest absolute Gasteiger partial charge is 0.337 e. The lowest BCUT2D eigenvalue weighted by atomic mass is 9.98. The fourth-order valence-electron chi connectivity index (χ4n) is 4.31. The van der Waals surface area contributed by atoms with Crippen molar-refractivity contribution >= 4 is 23.6 Å². The third-order valence-electron chi connectivity index (χ3n) is 5.92. The van der Waals surface area contributed by atoms with E-state index in [1.54, 1.807) is 11.1 Å². The van der Waals surface area contributed by atoms with E-state index in [1.807, 2.05) is 25.1 Å². The number of hydrogen-bond donors (Lipinski definition) is 3. The van der Waals surface area contributed by atoms with Gasteiger partial charge in [-0.15, -0.1) is 0 Å². The van der Waals surface area contributed by atoms with Crippen LogP contribution in [0.5, 0.6) is 0 Å². The quantitative estimate of drug-likeness (QED) is 0.387. The van der Waals surface area contributed by atoms with Crippen molar-refractivity contribution in [3.8, 4) is 11.3 Å². The predicted octanol–water partition coefficient (Wildman–Crippen LogP) is 3.29. The average molecular weight is 470 g/mol. The van der Waals surface area contributed by atoms with Gasteiger partial charge in [-0.2, -0.15) is 18.3 Å². The number of halogens is 3. The maximum Gasteiger partial charge on any atom is 0.435 e. The monoisotopic (exact) mass is 470 g/mol. The van der Waals surface area contributed by atoms with Gasteiger partial charge in [0.2, 0.25) is 6.41 Å². The van der Waals surface area contributed by atoms with Gasteiger partial charge >= 0.3 is 6.18 Å². The van der Waals surface area contributed by atoms with Crippen LogP contribution >= 0.6 is 0 Å². The second-order valence-corrected chi connectivity index (χ2v) is 8.02. The SMILES string of the molecule is Cc1cc(Nc2nccn3c(-c4c[nH]nc4C(F)(F)F)cnc23)ccc1C1CNCCN1C=O. The molecule has 0 saturated carbocycles. The van der Waals surface area contributed by atoms with Gasteiger partial charge in [-0.25, -0.2) is 9.97 Å². The van der Waals surface area contributed by atoms with Gasteiger partial charge in [0.1, 0.15) is 0 Å². The molecule has 0 bridgehead atoms. The molecular formula is C22H21F3N8O. The number of anilines is 2. The second-order valence-electron chi connectivity index (χ2n) is 8.02. The molecule has 3 N–H and O–H groups in total. The minimum atomic E-state index is -4.60. The molecule has 4 heterocycles. The van der Waals surface area contributed by atoms with Gasteiger partial charge in [-0.05, 0) is 30.2 Å². The molecule has 1 aliphatic rings. The zero-order chi connectivity index (χ0) is 23.9. The normalized spacial score (nSPS) is 16.7. The maximum absolute atomic E-state index is 13.3. The third kappa shape index (κ3) is 3.85. The lowest BCUT2D eigenvalue weighted by molar-refractivity contribution is -0.140. The minimum absolute atomic E-state index is 0.0468. The molecule has 1 unspecified atom stereocenters. The number of carbonyl (C=O) groups excluding carboxylic acids is 1. The molecule has 1 amide bonds. The summed E-state index contributed by atoms with van der Waals surface area (Å²) in [7, 11) is 0. The number of fused-ring (bicyclic) bond motifs is 1. The summed E-state index contributed by atoms with van der Waals surface area (Å²) in [6.07, 6.45) is 1.88. The summed E-state index contributed by atoms with van der Waals surface area (Å²) >= 11 is 0. The van der Waals surface area contributed by atoms with Crippen LogP contribution in [0.1, 0.15) is 22.9 Å². The van der Waals surface area contributed by atoms with Crippen molar-refractivity contribution in [2.45, 2.75) is 19.1 Å². The minimum Gasteiger partial charge on any atom is -0.337 e. The molecule has 4 aromatic rings. The Labute approximate surface area is 192 Å². The molecule has 9 nitrogen and oxygen atoms in total. The van der Waals surface area contributed by atoms with Gasteiger partial charge in [-0.3, -0.25) is 14.3 Å². The number of amides is 1. The standard InChI is InChI=1S/C22H21F3N8O/c1-13-8-14(2-3-15(13)17-10-26-4-6-32(17)12-34)30-20-21-28-11-18(33(21)7-5-27-20)16-9-29-31-19(16)22(23,24)25/h2-3,5,7-9,11-12,17,26H,4,6,10H2,1H3,(H,27,30)(H,29,31). The first-order chi connectivity index (χ1) is 16.4. The number of hydrogen-bond acceptors (Lipinski definition) is 6. The summed E-state index contributed by atoms with van der Waals surface area (Å²) in [5, 5.41) is 12.2. The molecule has 176 valence electrons. The number of aromatic amines is 1. The molecule has 1 saturated heterocycles. The van der Waals surface area contributed by atoms with E-state index in [0.717, 1.165) is 29.8 Å². The van der Waals surface area contributed by atoms with E-state index in [4.69, 9.17) is 0 Å². The number of imidazole rings is 1. The Bertz CT molecular complexity index is 1350. The summed E-state index contributed by atoms with van der Waals surface area (Å²) in [5.41, 5.74) is 2.29. The Morgan fingerprint density at radius 1 is 1.26 bits per heavy atom. The maximum atomic E-state index is 13.3. The molecule has 1 aliphatic heterocycles. The molecule has 3 aromatic heterocycles. The third-order valence-corrected chi connectivity index (χ3v) is 5.92. The molecule has 12 heteroatoms. The van der Waals surface area contributed by atoms with Gasteiger partial charge in [0.05, 0.1) is 23.5 Å². The van der Waals surface area contributed by atoms with Gasteiger partial charge in [-0.1, -0.05) is 6.07 Å². The van der Waals surface area contributed by atoms with Crippen molar-refractivity contribution in [1.82, 2.24) is 34.8 Å². The molecule has 0 aliphatic carbocycles. The van der Waals surface area contributed by atoms with Crippen LogP contribution in [0.25, 0.3) is 16.9 Å². The number of piperazine rings is 1. The van der Waals surface area contributed by atoms with Crippen molar-refractivity contribution < 1.29 is 18.0 Å². The van der Waals surface area contributed by atoms with E-state index in [-0.39, 0.29) is 17.3 Å². The molecule has 1 fully saturated rings. The summed E-state index contributed by atoms with van der Waals surface area (Å²) < 4.78 is 41.5. The second kappa shape index (κ2) is 8.45. The first-order valence-corrected chi connectivity index (χ1v) is 10.6. The Hall–Kier alpha value is -3.93. The Kier molecular flexibility index (Phi) is 5.44. The number of nitrogens with zero attached hydrogens (tertiary/aromatic N) is 5. The van der Waals surface area contributed by atoms with Crippen molar-refractivity contribution in [3.05, 3.63) is 59.8 Å². The van der Waals surface area contributed by atoms with Gasteiger partial charge < -0.3 is 15.5 Å². The Balaban J connectivity index is 1.46. The predicted molar refractivity (Wildman–Crippen MR) is 118 cm³/mol. The van der Waals surface area contributed by atoms with E-state index in [0.29, 0.717) is 24.6 Å². The fraction of sp³-hybridized carbons (Fsp3) is 0.273. The van der Waals surface area contributed by atoms with Crippen molar-refractivity contribution in [3.63, 3.8) is 0 Å². The number of aromatic nitrogens is 5. The van der Waals surface area contributed by atoms with Crippen LogP contribution < -0.4 is 10.6 Å². The lowest BCUT2D eigenvalue weighted by Crippen LogP contribution is -2.45. The van der Waals surface area contributed by atoms with E-state index in [9.17, 15) is 18.0 Å². The lowest BCUT2D eigenvalue weighted by Gasteiger charge is -2.34. The van der Waals surface area contributed by atoms with Crippen LogP contribution in [-0.4, -0.2) is 55.5 Å². The Morgan fingerprint density at radius 3 is 2.88 bits per heavy atom. The van der Waals surface area contributed by atoms with Crippen LogP contribution in [0, 0.1) is 6.92 Å². The summed E-state index contributed by atoms with van der Waals surface area (Å²) in [5.74, 6) is 0.395. The molecule has 0 spiro atoms. The van der Waals surface area contributed by atoms with Crippen molar-refractivity contribution in [2.24, 2.45) is 0 Å². The molecule has 34 heavy (non-hydrogen) atoms. The van der Waals surface area contributed by atoms with E-state index in [1.165, 1.54) is 23.0 Å². The van der Waals surface area contributed by atoms with Gasteiger partial charge in [0.15, 0.2) is 17.2 Å². The zero-order valence-corrected chi connectivity index (χ0v) is 18.1. The van der Waals surface area contributed by atoms with Crippen LogP contribution in [-0.2, 0) is 11.0 Å². The largest absolute Gasteiger partial charge is 0.435 e. The first kappa shape index (κ1) is 21.9. The number of rotatable bonds is 5. The topological polar surface area (TPSA) is 103 Å². The van der Waals surface area contributed by atoms with E-state index < -0.39 is 11.9 Å². The molecule has 1 atom stereocenters. The summed E-state index contributed by atoms with van der Waals surface area (Å²) in [4.78, 5) is 21.9. The number of H-pyrrole nitrogens is 1. The van der Waals surface area contributed by atoms with Crippen molar-refractivity contribution in [2.75, 3.05) is 25.0 Å². The number of nitrogens with one attached hydrogen (secondary N) is 3. The van der Waals surface area contributed by atoms with Crippen LogP contribution in [0.4, 0.5) is 24.7 Å². The molecular weight excluding hydrogens is 449 g/mol. The number of benzene rings is 1. The van der Waals surface area contributed by atoms with Gasteiger partial charge in [0, 0.05) is 43.9 Å².